The molecule has 0 unspecified atom stereocenters. The number of nitrogens with zero attached hydrogens (tertiary/aromatic N) is 2. The fourth-order valence-electron chi connectivity index (χ4n) is 1.98. The molecule has 0 atom stereocenters. The normalized spacial score (nSPS) is 10.3. The third-order valence-electron chi connectivity index (χ3n) is 3.00. The Bertz CT molecular complexity index is 605. The summed E-state index contributed by atoms with van der Waals surface area (Å²) >= 11 is 0. The van der Waals surface area contributed by atoms with Crippen LogP contribution in [0.3, 0.4) is 0 Å². The van der Waals surface area contributed by atoms with Crippen molar-refractivity contribution in [1.29, 1.82) is 0 Å². The van der Waals surface area contributed by atoms with Crippen molar-refractivity contribution in [3.8, 4) is 0 Å². The van der Waals surface area contributed by atoms with Crippen LogP contribution >= 0.6 is 0 Å². The van der Waals surface area contributed by atoms with Crippen molar-refractivity contribution >= 4 is 17.3 Å². The summed E-state index contributed by atoms with van der Waals surface area (Å²) < 4.78 is 1.77. The van der Waals surface area contributed by atoms with Crippen LogP contribution in [0.5, 0.6) is 0 Å². The molecule has 0 aliphatic carbocycles. The second kappa shape index (κ2) is 6.10. The van der Waals surface area contributed by atoms with E-state index in [1.807, 2.05) is 19.4 Å². The summed E-state index contributed by atoms with van der Waals surface area (Å²) in [6, 6.07) is 5.21. The van der Waals surface area contributed by atoms with E-state index in [4.69, 9.17) is 5.73 Å². The van der Waals surface area contributed by atoms with E-state index < -0.39 is 0 Å². The predicted molar refractivity (Wildman–Crippen MR) is 79.6 cm³/mol. The molecule has 0 saturated carbocycles. The SMILES string of the molecule is CNC(=O)c1ccc(N)cc1NCCc1cnn(C)c1. The van der Waals surface area contributed by atoms with E-state index in [2.05, 4.69) is 15.7 Å². The number of carbonyl (C=O) groups excluding carboxylic acids is 1. The minimum Gasteiger partial charge on any atom is -0.399 e. The first-order valence-corrected chi connectivity index (χ1v) is 6.43. The van der Waals surface area contributed by atoms with Crippen LogP contribution < -0.4 is 16.4 Å². The molecular weight excluding hydrogens is 254 g/mol. The molecule has 0 radical (unpaired) electrons. The Labute approximate surface area is 118 Å². The maximum absolute atomic E-state index is 11.8. The number of aromatic nitrogens is 2. The number of nitrogens with two attached hydrogens (primary N) is 1. The van der Waals surface area contributed by atoms with Crippen LogP contribution in [-0.2, 0) is 13.5 Å². The van der Waals surface area contributed by atoms with Crippen LogP contribution in [-0.4, -0.2) is 29.3 Å². The lowest BCUT2D eigenvalue weighted by molar-refractivity contribution is 0.0964. The minimum absolute atomic E-state index is 0.131. The summed E-state index contributed by atoms with van der Waals surface area (Å²) in [6.07, 6.45) is 4.64. The second-order valence-corrected chi connectivity index (χ2v) is 4.58. The topological polar surface area (TPSA) is 85.0 Å². The molecule has 2 aromatic rings. The van der Waals surface area contributed by atoms with Gasteiger partial charge in [-0.3, -0.25) is 9.48 Å². The Morgan fingerprint density at radius 2 is 2.25 bits per heavy atom. The number of amides is 1. The highest BCUT2D eigenvalue weighted by molar-refractivity contribution is 6.00. The van der Waals surface area contributed by atoms with Crippen molar-refractivity contribution in [2.75, 3.05) is 24.6 Å². The van der Waals surface area contributed by atoms with Gasteiger partial charge in [0.25, 0.3) is 5.91 Å². The Morgan fingerprint density at radius 3 is 2.90 bits per heavy atom. The molecule has 0 aliphatic rings. The average Bonchev–Trinajstić information content (AvgIpc) is 2.84. The summed E-state index contributed by atoms with van der Waals surface area (Å²) in [5.41, 5.74) is 8.87. The Morgan fingerprint density at radius 1 is 1.45 bits per heavy atom. The minimum atomic E-state index is -0.131. The van der Waals surface area contributed by atoms with E-state index in [0.717, 1.165) is 17.7 Å². The summed E-state index contributed by atoms with van der Waals surface area (Å²) in [6.45, 7) is 0.707. The van der Waals surface area contributed by atoms with Crippen molar-refractivity contribution in [2.24, 2.45) is 7.05 Å². The molecule has 6 heteroatoms. The Hall–Kier alpha value is -2.50. The third-order valence-corrected chi connectivity index (χ3v) is 3.00. The molecule has 106 valence electrons. The van der Waals surface area contributed by atoms with Gasteiger partial charge in [-0.15, -0.1) is 0 Å². The van der Waals surface area contributed by atoms with Gasteiger partial charge >= 0.3 is 0 Å². The number of anilines is 2. The van der Waals surface area contributed by atoms with E-state index in [1.54, 1.807) is 29.9 Å². The van der Waals surface area contributed by atoms with Gasteiger partial charge in [-0.25, -0.2) is 0 Å². The van der Waals surface area contributed by atoms with Crippen molar-refractivity contribution < 1.29 is 4.79 Å². The average molecular weight is 273 g/mol. The van der Waals surface area contributed by atoms with E-state index >= 15 is 0 Å². The number of benzene rings is 1. The molecule has 6 nitrogen and oxygen atoms in total. The van der Waals surface area contributed by atoms with Crippen molar-refractivity contribution in [2.45, 2.75) is 6.42 Å². The lowest BCUT2D eigenvalue weighted by Crippen LogP contribution is -2.20. The zero-order chi connectivity index (χ0) is 14.5. The molecule has 0 saturated heterocycles. The van der Waals surface area contributed by atoms with Gasteiger partial charge in [0.05, 0.1) is 11.8 Å². The van der Waals surface area contributed by atoms with Gasteiger partial charge in [0.2, 0.25) is 0 Å². The summed E-state index contributed by atoms with van der Waals surface area (Å²) in [5, 5.41) is 9.99. The molecule has 2 rings (SSSR count). The van der Waals surface area contributed by atoms with E-state index in [0.29, 0.717) is 17.8 Å². The van der Waals surface area contributed by atoms with Gasteiger partial charge in [0.15, 0.2) is 0 Å². The first-order valence-electron chi connectivity index (χ1n) is 6.43. The van der Waals surface area contributed by atoms with Crippen LogP contribution in [0.25, 0.3) is 0 Å². The molecule has 20 heavy (non-hydrogen) atoms. The first-order chi connectivity index (χ1) is 9.60. The number of aryl methyl sites for hydroxylation is 1. The molecule has 0 aliphatic heterocycles. The fourth-order valence-corrected chi connectivity index (χ4v) is 1.98. The van der Waals surface area contributed by atoms with Crippen LogP contribution in [0.2, 0.25) is 0 Å². The summed E-state index contributed by atoms with van der Waals surface area (Å²) in [5.74, 6) is -0.131. The fraction of sp³-hybridized carbons (Fsp3) is 0.286. The van der Waals surface area contributed by atoms with Gasteiger partial charge in [-0.2, -0.15) is 5.10 Å². The molecule has 1 aromatic heterocycles. The van der Waals surface area contributed by atoms with Gasteiger partial charge in [0.1, 0.15) is 0 Å². The highest BCUT2D eigenvalue weighted by atomic mass is 16.1. The van der Waals surface area contributed by atoms with Gasteiger partial charge in [-0.1, -0.05) is 0 Å². The van der Waals surface area contributed by atoms with Crippen molar-refractivity contribution in [3.63, 3.8) is 0 Å². The molecule has 4 N–H and O–H groups in total. The molecule has 0 spiro atoms. The van der Waals surface area contributed by atoms with Crippen molar-refractivity contribution in [1.82, 2.24) is 15.1 Å². The number of hydrogen-bond acceptors (Lipinski definition) is 4. The third kappa shape index (κ3) is 3.28. The lowest BCUT2D eigenvalue weighted by atomic mass is 10.1. The number of carbonyl (C=O) groups is 1. The number of hydrogen-bond donors (Lipinski definition) is 3. The van der Waals surface area contributed by atoms with E-state index in [1.165, 1.54) is 0 Å². The zero-order valence-electron chi connectivity index (χ0n) is 11.7. The standard InChI is InChI=1S/C14H19N5O/c1-16-14(20)12-4-3-11(15)7-13(12)17-6-5-10-8-18-19(2)9-10/h3-4,7-9,17H,5-6,15H2,1-2H3,(H,16,20). The van der Waals surface area contributed by atoms with Gasteiger partial charge in [0, 0.05) is 38.2 Å². The molecular formula is C14H19N5O. The predicted octanol–water partition coefficient (Wildman–Crippen LogP) is 1.02. The molecule has 1 heterocycles. The van der Waals surface area contributed by atoms with E-state index in [9.17, 15) is 4.79 Å². The van der Waals surface area contributed by atoms with Gasteiger partial charge < -0.3 is 16.4 Å². The van der Waals surface area contributed by atoms with Crippen LogP contribution in [0.4, 0.5) is 11.4 Å². The summed E-state index contributed by atoms with van der Waals surface area (Å²) in [7, 11) is 3.50. The highest BCUT2D eigenvalue weighted by Crippen LogP contribution is 2.19. The molecule has 1 amide bonds. The number of rotatable bonds is 5. The summed E-state index contributed by atoms with van der Waals surface area (Å²) in [4.78, 5) is 11.8. The maximum Gasteiger partial charge on any atom is 0.253 e. The largest absolute Gasteiger partial charge is 0.399 e. The van der Waals surface area contributed by atoms with E-state index in [-0.39, 0.29) is 5.91 Å². The van der Waals surface area contributed by atoms with Crippen molar-refractivity contribution in [3.05, 3.63) is 41.7 Å². The van der Waals surface area contributed by atoms with Crippen LogP contribution in [0, 0.1) is 0 Å². The first kappa shape index (κ1) is 13.9. The smallest absolute Gasteiger partial charge is 0.253 e. The maximum atomic E-state index is 11.8. The Balaban J connectivity index is 2.04. The van der Waals surface area contributed by atoms with Crippen LogP contribution in [0.1, 0.15) is 15.9 Å². The Kier molecular flexibility index (Phi) is 4.24. The quantitative estimate of drug-likeness (QED) is 0.710. The molecule has 1 aromatic carbocycles. The zero-order valence-corrected chi connectivity index (χ0v) is 11.7. The molecule has 0 fully saturated rings. The monoisotopic (exact) mass is 273 g/mol. The lowest BCUT2D eigenvalue weighted by Gasteiger charge is -2.11. The second-order valence-electron chi connectivity index (χ2n) is 4.58. The number of nitrogens with one attached hydrogen (secondary N) is 2. The highest BCUT2D eigenvalue weighted by Gasteiger charge is 2.09. The molecule has 0 bridgehead atoms. The van der Waals surface area contributed by atoms with Gasteiger partial charge in [-0.05, 0) is 30.2 Å². The number of nitrogen functional groups attached to an aromatic ring is 1. The van der Waals surface area contributed by atoms with Crippen LogP contribution in [0.15, 0.2) is 30.6 Å².